The molecule has 0 bridgehead atoms. The number of benzene rings is 1. The topological polar surface area (TPSA) is 36.4 Å². The van der Waals surface area contributed by atoms with E-state index >= 15 is 0 Å². The van der Waals surface area contributed by atoms with Crippen LogP contribution >= 0.6 is 0 Å². The molecule has 1 aromatic carbocycles. The van der Waals surface area contributed by atoms with Crippen molar-refractivity contribution in [2.24, 2.45) is 4.99 Å². The van der Waals surface area contributed by atoms with Crippen molar-refractivity contribution >= 4 is 5.96 Å². The van der Waals surface area contributed by atoms with Gasteiger partial charge >= 0.3 is 0 Å². The molecule has 0 amide bonds. The van der Waals surface area contributed by atoms with Crippen LogP contribution in [0.2, 0.25) is 0 Å². The molecular formula is C14H22FN3. The van der Waals surface area contributed by atoms with Gasteiger partial charge in [0, 0.05) is 17.6 Å². The third-order valence-electron chi connectivity index (χ3n) is 2.20. The maximum Gasteiger partial charge on any atom is 0.191 e. The van der Waals surface area contributed by atoms with Gasteiger partial charge in [-0.25, -0.2) is 9.38 Å². The molecule has 0 aliphatic carbocycles. The summed E-state index contributed by atoms with van der Waals surface area (Å²) in [4.78, 5) is 4.38. The van der Waals surface area contributed by atoms with Gasteiger partial charge in [0.2, 0.25) is 0 Å². The first-order chi connectivity index (χ1) is 8.42. The van der Waals surface area contributed by atoms with Crippen molar-refractivity contribution < 1.29 is 4.39 Å². The Kier molecular flexibility index (Phi) is 5.13. The maximum absolute atomic E-state index is 13.5. The van der Waals surface area contributed by atoms with Crippen LogP contribution < -0.4 is 10.6 Å². The Bertz CT molecular complexity index is 408. The number of guanidine groups is 1. The van der Waals surface area contributed by atoms with Gasteiger partial charge in [0.15, 0.2) is 5.96 Å². The highest BCUT2D eigenvalue weighted by atomic mass is 19.1. The Morgan fingerprint density at radius 2 is 1.94 bits per heavy atom. The Labute approximate surface area is 109 Å². The van der Waals surface area contributed by atoms with E-state index in [1.807, 2.05) is 13.0 Å². The zero-order valence-corrected chi connectivity index (χ0v) is 11.5. The predicted molar refractivity (Wildman–Crippen MR) is 74.1 cm³/mol. The molecular weight excluding hydrogens is 229 g/mol. The summed E-state index contributed by atoms with van der Waals surface area (Å²) in [6.45, 7) is 9.29. The SMILES string of the molecule is CCNC(=NCc1ccccc1F)NC(C)(C)C. The third-order valence-corrected chi connectivity index (χ3v) is 2.20. The van der Waals surface area contributed by atoms with Crippen LogP contribution in [0.1, 0.15) is 33.3 Å². The lowest BCUT2D eigenvalue weighted by molar-refractivity contribution is 0.501. The first kappa shape index (κ1) is 14.5. The van der Waals surface area contributed by atoms with Gasteiger partial charge in [0.25, 0.3) is 0 Å². The molecule has 0 spiro atoms. The molecule has 0 radical (unpaired) electrons. The van der Waals surface area contributed by atoms with Gasteiger partial charge in [-0.05, 0) is 33.8 Å². The smallest absolute Gasteiger partial charge is 0.191 e. The summed E-state index contributed by atoms with van der Waals surface area (Å²) in [7, 11) is 0. The van der Waals surface area contributed by atoms with Crippen LogP contribution in [-0.4, -0.2) is 18.0 Å². The molecule has 100 valence electrons. The third kappa shape index (κ3) is 5.17. The molecule has 0 aliphatic heterocycles. The Morgan fingerprint density at radius 3 is 2.50 bits per heavy atom. The van der Waals surface area contributed by atoms with Gasteiger partial charge < -0.3 is 10.6 Å². The van der Waals surface area contributed by atoms with Crippen LogP contribution in [0, 0.1) is 5.82 Å². The van der Waals surface area contributed by atoms with Crippen molar-refractivity contribution in [3.63, 3.8) is 0 Å². The molecule has 0 heterocycles. The van der Waals surface area contributed by atoms with E-state index in [0.29, 0.717) is 18.1 Å². The molecule has 0 aromatic heterocycles. The van der Waals surface area contributed by atoms with Crippen molar-refractivity contribution in [1.82, 2.24) is 10.6 Å². The minimum absolute atomic E-state index is 0.0732. The Hall–Kier alpha value is -1.58. The first-order valence-electron chi connectivity index (χ1n) is 6.22. The lowest BCUT2D eigenvalue weighted by atomic mass is 10.1. The van der Waals surface area contributed by atoms with Crippen LogP contribution in [0.5, 0.6) is 0 Å². The van der Waals surface area contributed by atoms with E-state index in [1.54, 1.807) is 12.1 Å². The minimum Gasteiger partial charge on any atom is -0.357 e. The van der Waals surface area contributed by atoms with Crippen molar-refractivity contribution in [2.75, 3.05) is 6.54 Å². The monoisotopic (exact) mass is 251 g/mol. The molecule has 0 saturated heterocycles. The van der Waals surface area contributed by atoms with Crippen molar-refractivity contribution in [1.29, 1.82) is 0 Å². The molecule has 18 heavy (non-hydrogen) atoms. The first-order valence-corrected chi connectivity index (χ1v) is 6.22. The zero-order valence-electron chi connectivity index (χ0n) is 11.5. The normalized spacial score (nSPS) is 12.4. The maximum atomic E-state index is 13.5. The number of halogens is 1. The fourth-order valence-corrected chi connectivity index (χ4v) is 1.45. The molecule has 1 aromatic rings. The van der Waals surface area contributed by atoms with Gasteiger partial charge in [-0.3, -0.25) is 0 Å². The van der Waals surface area contributed by atoms with E-state index in [0.717, 1.165) is 6.54 Å². The van der Waals surface area contributed by atoms with Crippen LogP contribution in [0.3, 0.4) is 0 Å². The minimum atomic E-state index is -0.215. The van der Waals surface area contributed by atoms with Gasteiger partial charge in [0.1, 0.15) is 5.82 Å². The molecule has 1 rings (SSSR count). The van der Waals surface area contributed by atoms with E-state index in [9.17, 15) is 4.39 Å². The number of nitrogens with one attached hydrogen (secondary N) is 2. The summed E-state index contributed by atoms with van der Waals surface area (Å²) in [5.74, 6) is 0.487. The van der Waals surface area contributed by atoms with E-state index in [-0.39, 0.29) is 11.4 Å². The molecule has 3 nitrogen and oxygen atoms in total. The fourth-order valence-electron chi connectivity index (χ4n) is 1.45. The summed E-state index contributed by atoms with van der Waals surface area (Å²) >= 11 is 0. The highest BCUT2D eigenvalue weighted by molar-refractivity contribution is 5.80. The molecule has 2 N–H and O–H groups in total. The van der Waals surface area contributed by atoms with Gasteiger partial charge in [-0.15, -0.1) is 0 Å². The Morgan fingerprint density at radius 1 is 1.28 bits per heavy atom. The summed E-state index contributed by atoms with van der Waals surface area (Å²) < 4.78 is 13.5. The lowest BCUT2D eigenvalue weighted by Crippen LogP contribution is -2.47. The van der Waals surface area contributed by atoms with E-state index in [2.05, 4.69) is 36.4 Å². The number of hydrogen-bond donors (Lipinski definition) is 2. The van der Waals surface area contributed by atoms with Gasteiger partial charge in [-0.1, -0.05) is 18.2 Å². The Balaban J connectivity index is 2.74. The van der Waals surface area contributed by atoms with E-state index in [1.165, 1.54) is 6.07 Å². The van der Waals surface area contributed by atoms with Crippen molar-refractivity contribution in [3.05, 3.63) is 35.6 Å². The summed E-state index contributed by atoms with van der Waals surface area (Å²) in [5.41, 5.74) is 0.527. The van der Waals surface area contributed by atoms with Crippen LogP contribution in [0.4, 0.5) is 4.39 Å². The summed E-state index contributed by atoms with van der Waals surface area (Å²) in [5, 5.41) is 6.41. The number of hydrogen-bond acceptors (Lipinski definition) is 1. The van der Waals surface area contributed by atoms with Crippen LogP contribution in [-0.2, 0) is 6.54 Å². The molecule has 4 heteroatoms. The van der Waals surface area contributed by atoms with E-state index in [4.69, 9.17) is 0 Å². The summed E-state index contributed by atoms with van der Waals surface area (Å²) in [6, 6.07) is 6.70. The number of rotatable bonds is 3. The molecule has 0 unspecified atom stereocenters. The lowest BCUT2D eigenvalue weighted by Gasteiger charge is -2.23. The van der Waals surface area contributed by atoms with Crippen molar-refractivity contribution in [2.45, 2.75) is 39.8 Å². The average molecular weight is 251 g/mol. The van der Waals surface area contributed by atoms with Gasteiger partial charge in [0.05, 0.1) is 6.54 Å². The highest BCUT2D eigenvalue weighted by Crippen LogP contribution is 2.07. The van der Waals surface area contributed by atoms with Crippen molar-refractivity contribution in [3.8, 4) is 0 Å². The number of nitrogens with zero attached hydrogens (tertiary/aromatic N) is 1. The molecule has 0 aliphatic rings. The largest absolute Gasteiger partial charge is 0.357 e. The second-order valence-electron chi connectivity index (χ2n) is 5.16. The van der Waals surface area contributed by atoms with Gasteiger partial charge in [-0.2, -0.15) is 0 Å². The quantitative estimate of drug-likeness (QED) is 0.640. The standard InChI is InChI=1S/C14H22FN3/c1-5-16-13(18-14(2,3)4)17-10-11-8-6-7-9-12(11)15/h6-9H,5,10H2,1-4H3,(H2,16,17,18). The molecule has 0 saturated carbocycles. The van der Waals surface area contributed by atoms with Crippen LogP contribution in [0.25, 0.3) is 0 Å². The van der Waals surface area contributed by atoms with E-state index < -0.39 is 0 Å². The molecule has 0 atom stereocenters. The average Bonchev–Trinajstić information content (AvgIpc) is 2.26. The highest BCUT2D eigenvalue weighted by Gasteiger charge is 2.11. The number of aliphatic imine (C=N–C) groups is 1. The summed E-state index contributed by atoms with van der Waals surface area (Å²) in [6.07, 6.45) is 0. The van der Waals surface area contributed by atoms with Crippen LogP contribution in [0.15, 0.2) is 29.3 Å². The second-order valence-corrected chi connectivity index (χ2v) is 5.16. The second kappa shape index (κ2) is 6.38. The fraction of sp³-hybridized carbons (Fsp3) is 0.500. The predicted octanol–water partition coefficient (Wildman–Crippen LogP) is 2.68. The zero-order chi connectivity index (χ0) is 13.6. The molecule has 0 fully saturated rings.